The van der Waals surface area contributed by atoms with Gasteiger partial charge >= 0.3 is 0 Å². The molecule has 2 aliphatic carbocycles. The van der Waals surface area contributed by atoms with Gasteiger partial charge in [0.05, 0.1) is 6.61 Å². The van der Waals surface area contributed by atoms with Crippen LogP contribution in [0.1, 0.15) is 71.1 Å². The molecule has 2 bridgehead atoms. The first-order valence-electron chi connectivity index (χ1n) is 8.37. The molecule has 0 saturated heterocycles. The Bertz CT molecular complexity index is 262. The average molecular weight is 266 g/mol. The molecule has 0 amide bonds. The maximum atomic E-state index is 11.4. The summed E-state index contributed by atoms with van der Waals surface area (Å²) in [4.78, 5) is 11.4. The van der Waals surface area contributed by atoms with E-state index in [9.17, 15) is 4.79 Å². The smallest absolute Gasteiger partial charge is 0.135 e. The summed E-state index contributed by atoms with van der Waals surface area (Å²) in [5.41, 5.74) is 0. The predicted octanol–water partition coefficient (Wildman–Crippen LogP) is 4.37. The van der Waals surface area contributed by atoms with Gasteiger partial charge in [-0.05, 0) is 49.9 Å². The Kier molecular flexibility index (Phi) is 6.36. The van der Waals surface area contributed by atoms with Gasteiger partial charge in [0.1, 0.15) is 5.78 Å². The van der Waals surface area contributed by atoms with Gasteiger partial charge in [0, 0.05) is 19.4 Å². The van der Waals surface area contributed by atoms with Crippen molar-refractivity contribution in [3.05, 3.63) is 0 Å². The predicted molar refractivity (Wildman–Crippen MR) is 78.1 cm³/mol. The van der Waals surface area contributed by atoms with Gasteiger partial charge in [0.15, 0.2) is 0 Å². The van der Waals surface area contributed by atoms with Crippen molar-refractivity contribution in [3.63, 3.8) is 0 Å². The molecule has 0 spiro atoms. The van der Waals surface area contributed by atoms with Crippen LogP contribution in [0.2, 0.25) is 0 Å². The molecule has 2 rings (SSSR count). The van der Waals surface area contributed by atoms with Gasteiger partial charge in [-0.2, -0.15) is 0 Å². The van der Waals surface area contributed by atoms with Crippen LogP contribution in [-0.4, -0.2) is 19.0 Å². The molecular weight excluding hydrogens is 236 g/mol. The van der Waals surface area contributed by atoms with Crippen LogP contribution in [0.4, 0.5) is 0 Å². The second-order valence-electron chi connectivity index (χ2n) is 6.68. The SMILES string of the molecule is CCCC(=O)CCOCCC1CC2CCCC(C2)C1. The van der Waals surface area contributed by atoms with Crippen molar-refractivity contribution < 1.29 is 9.53 Å². The number of carbonyl (C=O) groups excluding carboxylic acids is 1. The highest BCUT2D eigenvalue weighted by Gasteiger charge is 2.31. The van der Waals surface area contributed by atoms with E-state index in [-0.39, 0.29) is 0 Å². The van der Waals surface area contributed by atoms with Crippen LogP contribution in [0.25, 0.3) is 0 Å². The van der Waals surface area contributed by atoms with E-state index in [4.69, 9.17) is 4.74 Å². The lowest BCUT2D eigenvalue weighted by Crippen LogP contribution is -2.27. The Morgan fingerprint density at radius 2 is 1.79 bits per heavy atom. The lowest BCUT2D eigenvalue weighted by Gasteiger charge is -2.39. The molecule has 0 heterocycles. The highest BCUT2D eigenvalue weighted by Crippen LogP contribution is 2.43. The molecule has 2 saturated carbocycles. The molecule has 0 N–H and O–H groups in total. The van der Waals surface area contributed by atoms with E-state index in [1.165, 1.54) is 44.9 Å². The van der Waals surface area contributed by atoms with Gasteiger partial charge < -0.3 is 4.74 Å². The average Bonchev–Trinajstić information content (AvgIpc) is 2.38. The summed E-state index contributed by atoms with van der Waals surface area (Å²) in [5, 5.41) is 0. The highest BCUT2D eigenvalue weighted by atomic mass is 16.5. The lowest BCUT2D eigenvalue weighted by molar-refractivity contribution is -0.120. The Morgan fingerprint density at radius 3 is 2.47 bits per heavy atom. The Morgan fingerprint density at radius 1 is 1.05 bits per heavy atom. The fraction of sp³-hybridized carbons (Fsp3) is 0.941. The van der Waals surface area contributed by atoms with Crippen molar-refractivity contribution in [3.8, 4) is 0 Å². The van der Waals surface area contributed by atoms with Crippen molar-refractivity contribution in [2.45, 2.75) is 71.1 Å². The zero-order valence-corrected chi connectivity index (χ0v) is 12.5. The highest BCUT2D eigenvalue weighted by molar-refractivity contribution is 5.78. The molecule has 2 fully saturated rings. The molecule has 0 aromatic rings. The van der Waals surface area contributed by atoms with Crippen molar-refractivity contribution in [1.29, 1.82) is 0 Å². The summed E-state index contributed by atoms with van der Waals surface area (Å²) in [6, 6.07) is 0. The van der Waals surface area contributed by atoms with Crippen LogP contribution in [0, 0.1) is 17.8 Å². The quantitative estimate of drug-likeness (QED) is 0.610. The monoisotopic (exact) mass is 266 g/mol. The molecule has 110 valence electrons. The van der Waals surface area contributed by atoms with E-state index in [1.54, 1.807) is 0 Å². The minimum absolute atomic E-state index is 0.356. The van der Waals surface area contributed by atoms with Gasteiger partial charge in [-0.25, -0.2) is 0 Å². The van der Waals surface area contributed by atoms with Crippen LogP contribution in [-0.2, 0) is 9.53 Å². The van der Waals surface area contributed by atoms with Crippen molar-refractivity contribution in [2.75, 3.05) is 13.2 Å². The van der Waals surface area contributed by atoms with Gasteiger partial charge in [0.2, 0.25) is 0 Å². The van der Waals surface area contributed by atoms with Crippen LogP contribution in [0.5, 0.6) is 0 Å². The summed E-state index contributed by atoms with van der Waals surface area (Å²) in [7, 11) is 0. The second-order valence-corrected chi connectivity index (χ2v) is 6.68. The third kappa shape index (κ3) is 5.25. The summed E-state index contributed by atoms with van der Waals surface area (Å²) in [5.74, 6) is 3.29. The molecule has 2 nitrogen and oxygen atoms in total. The normalized spacial score (nSPS) is 30.3. The Labute approximate surface area is 118 Å². The zero-order valence-electron chi connectivity index (χ0n) is 12.5. The van der Waals surface area contributed by atoms with E-state index in [1.807, 2.05) is 0 Å². The number of Topliss-reactive ketones (excluding diaryl/α,β-unsaturated/α-hetero) is 1. The number of hydrogen-bond donors (Lipinski definition) is 0. The molecular formula is C17H30O2. The number of fused-ring (bicyclic) bond motifs is 2. The maximum absolute atomic E-state index is 11.4. The standard InChI is InChI=1S/C17H30O2/c1-2-4-17(18)8-10-19-9-7-16-12-14-5-3-6-15(11-14)13-16/h14-16H,2-13H2,1H3. The summed E-state index contributed by atoms with van der Waals surface area (Å²) in [6.45, 7) is 3.56. The van der Waals surface area contributed by atoms with E-state index < -0.39 is 0 Å². The first-order valence-corrected chi connectivity index (χ1v) is 8.37. The molecule has 2 unspecified atom stereocenters. The summed E-state index contributed by atoms with van der Waals surface area (Å²) in [6.07, 6.45) is 12.3. The molecule has 2 aliphatic rings. The third-order valence-electron chi connectivity index (χ3n) is 4.95. The number of carbonyl (C=O) groups is 1. The topological polar surface area (TPSA) is 26.3 Å². The Hall–Kier alpha value is -0.370. The molecule has 0 aliphatic heterocycles. The van der Waals surface area contributed by atoms with Crippen molar-refractivity contribution in [1.82, 2.24) is 0 Å². The van der Waals surface area contributed by atoms with E-state index in [0.717, 1.165) is 37.2 Å². The van der Waals surface area contributed by atoms with Gasteiger partial charge in [0.25, 0.3) is 0 Å². The van der Waals surface area contributed by atoms with Gasteiger partial charge in [-0.15, -0.1) is 0 Å². The van der Waals surface area contributed by atoms with Gasteiger partial charge in [-0.1, -0.05) is 26.2 Å². The number of hydrogen-bond acceptors (Lipinski definition) is 2. The minimum Gasteiger partial charge on any atom is -0.381 e. The molecule has 0 radical (unpaired) electrons. The summed E-state index contributed by atoms with van der Waals surface area (Å²) < 4.78 is 5.65. The first-order chi connectivity index (χ1) is 9.28. The van der Waals surface area contributed by atoms with E-state index in [2.05, 4.69) is 6.92 Å². The fourth-order valence-corrected chi connectivity index (χ4v) is 4.05. The largest absolute Gasteiger partial charge is 0.381 e. The third-order valence-corrected chi connectivity index (χ3v) is 4.95. The van der Waals surface area contributed by atoms with Gasteiger partial charge in [-0.3, -0.25) is 4.79 Å². The van der Waals surface area contributed by atoms with Crippen molar-refractivity contribution in [2.24, 2.45) is 17.8 Å². The van der Waals surface area contributed by atoms with Crippen molar-refractivity contribution >= 4 is 5.78 Å². The van der Waals surface area contributed by atoms with Crippen LogP contribution >= 0.6 is 0 Å². The number of ether oxygens (including phenoxy) is 1. The number of rotatable bonds is 8. The molecule has 2 atom stereocenters. The summed E-state index contributed by atoms with van der Waals surface area (Å²) >= 11 is 0. The molecule has 0 aromatic carbocycles. The molecule has 2 heteroatoms. The van der Waals surface area contributed by atoms with Crippen LogP contribution in [0.15, 0.2) is 0 Å². The molecule has 19 heavy (non-hydrogen) atoms. The minimum atomic E-state index is 0.356. The fourth-order valence-electron chi connectivity index (χ4n) is 4.05. The van der Waals surface area contributed by atoms with E-state index >= 15 is 0 Å². The maximum Gasteiger partial charge on any atom is 0.135 e. The van der Waals surface area contributed by atoms with Crippen LogP contribution < -0.4 is 0 Å². The van der Waals surface area contributed by atoms with Crippen LogP contribution in [0.3, 0.4) is 0 Å². The lowest BCUT2D eigenvalue weighted by atomic mass is 9.67. The Balaban J connectivity index is 1.52. The molecule has 0 aromatic heterocycles. The second kappa shape index (κ2) is 8.04. The zero-order chi connectivity index (χ0) is 13.5. The van der Waals surface area contributed by atoms with E-state index in [0.29, 0.717) is 18.8 Å². The number of ketones is 1. The first kappa shape index (κ1) is 15.0.